The molecule has 1 aromatic carbocycles. The average Bonchev–Trinajstić information content (AvgIpc) is 2.42. The highest BCUT2D eigenvalue weighted by molar-refractivity contribution is 7.89. The first-order valence-corrected chi connectivity index (χ1v) is 8.19. The molecule has 0 aliphatic heterocycles. The van der Waals surface area contributed by atoms with E-state index in [1.165, 1.54) is 23.4 Å². The quantitative estimate of drug-likeness (QED) is 0.782. The number of hydrogen-bond acceptors (Lipinski definition) is 3. The summed E-state index contributed by atoms with van der Waals surface area (Å²) in [6.07, 6.45) is 5.88. The van der Waals surface area contributed by atoms with Crippen LogP contribution in [-0.2, 0) is 16.6 Å². The molecule has 0 saturated carbocycles. The van der Waals surface area contributed by atoms with Crippen LogP contribution in [0.25, 0.3) is 0 Å². The summed E-state index contributed by atoms with van der Waals surface area (Å²) >= 11 is 0. The maximum absolute atomic E-state index is 14.0. The SMILES string of the molecule is C#CCN(CCC)S(=O)(=O)c1cc(CNC)cc(F)c1C. The van der Waals surface area contributed by atoms with Gasteiger partial charge < -0.3 is 5.32 Å². The average molecular weight is 312 g/mol. The van der Waals surface area contributed by atoms with Crippen molar-refractivity contribution in [3.05, 3.63) is 29.1 Å². The van der Waals surface area contributed by atoms with Crippen LogP contribution in [0.3, 0.4) is 0 Å². The zero-order valence-corrected chi connectivity index (χ0v) is 13.4. The van der Waals surface area contributed by atoms with Gasteiger partial charge in [-0.3, -0.25) is 0 Å². The molecule has 21 heavy (non-hydrogen) atoms. The Morgan fingerprint density at radius 1 is 1.43 bits per heavy atom. The van der Waals surface area contributed by atoms with Gasteiger partial charge in [-0.2, -0.15) is 4.31 Å². The first-order chi connectivity index (χ1) is 9.88. The van der Waals surface area contributed by atoms with Crippen molar-refractivity contribution in [3.8, 4) is 12.3 Å². The van der Waals surface area contributed by atoms with Crippen LogP contribution in [0.5, 0.6) is 0 Å². The maximum Gasteiger partial charge on any atom is 0.244 e. The number of sulfonamides is 1. The highest BCUT2D eigenvalue weighted by Crippen LogP contribution is 2.24. The van der Waals surface area contributed by atoms with Gasteiger partial charge in [-0.05, 0) is 38.1 Å². The second-order valence-corrected chi connectivity index (χ2v) is 6.68. The highest BCUT2D eigenvalue weighted by atomic mass is 32.2. The summed E-state index contributed by atoms with van der Waals surface area (Å²) in [6.45, 7) is 4.01. The van der Waals surface area contributed by atoms with Gasteiger partial charge in [0.2, 0.25) is 10.0 Å². The molecule has 1 N–H and O–H groups in total. The lowest BCUT2D eigenvalue weighted by Gasteiger charge is -2.21. The monoisotopic (exact) mass is 312 g/mol. The molecule has 0 fully saturated rings. The number of terminal acetylenes is 1. The van der Waals surface area contributed by atoms with Crippen LogP contribution >= 0.6 is 0 Å². The fourth-order valence-corrected chi connectivity index (χ4v) is 3.79. The first-order valence-electron chi connectivity index (χ1n) is 6.75. The third kappa shape index (κ3) is 4.03. The summed E-state index contributed by atoms with van der Waals surface area (Å²) in [7, 11) is -2.08. The number of nitrogens with zero attached hydrogens (tertiary/aromatic N) is 1. The number of benzene rings is 1. The molecular weight excluding hydrogens is 291 g/mol. The molecule has 4 nitrogen and oxygen atoms in total. The van der Waals surface area contributed by atoms with Crippen molar-refractivity contribution in [2.45, 2.75) is 31.7 Å². The largest absolute Gasteiger partial charge is 0.316 e. The fraction of sp³-hybridized carbons (Fsp3) is 0.467. The molecule has 0 saturated heterocycles. The van der Waals surface area contributed by atoms with Crippen LogP contribution in [0.15, 0.2) is 17.0 Å². The van der Waals surface area contributed by atoms with E-state index in [9.17, 15) is 12.8 Å². The van der Waals surface area contributed by atoms with Crippen LogP contribution in [-0.4, -0.2) is 32.9 Å². The van der Waals surface area contributed by atoms with Gasteiger partial charge >= 0.3 is 0 Å². The van der Waals surface area contributed by atoms with Gasteiger partial charge in [0.15, 0.2) is 0 Å². The molecule has 0 aliphatic carbocycles. The minimum Gasteiger partial charge on any atom is -0.316 e. The Bertz CT molecular complexity index is 636. The number of nitrogens with one attached hydrogen (secondary N) is 1. The zero-order chi connectivity index (χ0) is 16.0. The van der Waals surface area contributed by atoms with Crippen LogP contribution in [0.1, 0.15) is 24.5 Å². The third-order valence-electron chi connectivity index (χ3n) is 3.10. The number of halogens is 1. The predicted molar refractivity (Wildman–Crippen MR) is 81.8 cm³/mol. The van der Waals surface area contributed by atoms with Crippen molar-refractivity contribution in [1.82, 2.24) is 9.62 Å². The summed E-state index contributed by atoms with van der Waals surface area (Å²) in [6, 6.07) is 2.85. The zero-order valence-electron chi connectivity index (χ0n) is 12.6. The highest BCUT2D eigenvalue weighted by Gasteiger charge is 2.26. The van der Waals surface area contributed by atoms with Crippen LogP contribution < -0.4 is 5.32 Å². The Morgan fingerprint density at radius 3 is 2.62 bits per heavy atom. The van der Waals surface area contributed by atoms with E-state index in [1.807, 2.05) is 6.92 Å². The van der Waals surface area contributed by atoms with Crippen LogP contribution in [0, 0.1) is 25.1 Å². The minimum absolute atomic E-state index is 0.0172. The van der Waals surface area contributed by atoms with Gasteiger partial charge in [0.05, 0.1) is 11.4 Å². The van der Waals surface area contributed by atoms with Crippen molar-refractivity contribution in [3.63, 3.8) is 0 Å². The second-order valence-electron chi connectivity index (χ2n) is 4.77. The van der Waals surface area contributed by atoms with Gasteiger partial charge in [-0.25, -0.2) is 12.8 Å². The van der Waals surface area contributed by atoms with E-state index in [0.717, 1.165) is 0 Å². The molecule has 0 aromatic heterocycles. The predicted octanol–water partition coefficient (Wildman–Crippen LogP) is 1.89. The van der Waals surface area contributed by atoms with E-state index in [2.05, 4.69) is 11.2 Å². The van der Waals surface area contributed by atoms with Crippen molar-refractivity contribution in [1.29, 1.82) is 0 Å². The molecule has 0 atom stereocenters. The molecule has 6 heteroatoms. The Balaban J connectivity index is 3.38. The molecular formula is C15H21FN2O2S. The molecule has 0 radical (unpaired) electrons. The number of hydrogen-bond donors (Lipinski definition) is 1. The van der Waals surface area contributed by atoms with E-state index >= 15 is 0 Å². The summed E-state index contributed by atoms with van der Waals surface area (Å²) in [5.74, 6) is 1.81. The summed E-state index contributed by atoms with van der Waals surface area (Å²) in [5.41, 5.74) is 0.698. The van der Waals surface area contributed by atoms with Gasteiger partial charge in [0.1, 0.15) is 5.82 Å². The lowest BCUT2D eigenvalue weighted by Crippen LogP contribution is -2.33. The van der Waals surface area contributed by atoms with E-state index in [4.69, 9.17) is 6.42 Å². The lowest BCUT2D eigenvalue weighted by molar-refractivity contribution is 0.444. The molecule has 0 bridgehead atoms. The molecule has 116 valence electrons. The summed E-state index contributed by atoms with van der Waals surface area (Å²) in [4.78, 5) is -0.0172. The van der Waals surface area contributed by atoms with E-state index in [1.54, 1.807) is 7.05 Å². The number of rotatable bonds is 7. The van der Waals surface area contributed by atoms with Crippen molar-refractivity contribution in [2.75, 3.05) is 20.1 Å². The van der Waals surface area contributed by atoms with Crippen molar-refractivity contribution >= 4 is 10.0 Å². The first kappa shape index (κ1) is 17.6. The van der Waals surface area contributed by atoms with Crippen molar-refractivity contribution in [2.24, 2.45) is 0 Å². The smallest absolute Gasteiger partial charge is 0.244 e. The molecule has 0 unspecified atom stereocenters. The standard InChI is InChI=1S/C15H21FN2O2S/c1-5-7-18(8-6-2)21(19,20)15-10-13(11-17-4)9-14(16)12(15)3/h1,9-10,17H,6-8,11H2,2-4H3. The minimum atomic E-state index is -3.80. The van der Waals surface area contributed by atoms with Gasteiger partial charge in [-0.1, -0.05) is 12.8 Å². The van der Waals surface area contributed by atoms with Crippen molar-refractivity contribution < 1.29 is 12.8 Å². The van der Waals surface area contributed by atoms with E-state index in [-0.39, 0.29) is 17.0 Å². The third-order valence-corrected chi connectivity index (χ3v) is 5.07. The summed E-state index contributed by atoms with van der Waals surface area (Å²) < 4.78 is 40.6. The van der Waals surface area contributed by atoms with E-state index in [0.29, 0.717) is 25.1 Å². The molecule has 1 rings (SSSR count). The molecule has 0 spiro atoms. The molecule has 0 aliphatic rings. The van der Waals surface area contributed by atoms with Gasteiger partial charge in [-0.15, -0.1) is 6.42 Å². The topological polar surface area (TPSA) is 49.4 Å². The Kier molecular flexibility index (Phi) is 6.34. The van der Waals surface area contributed by atoms with Crippen LogP contribution in [0.2, 0.25) is 0 Å². The molecule has 0 amide bonds. The molecule has 0 heterocycles. The molecule has 1 aromatic rings. The lowest BCUT2D eigenvalue weighted by atomic mass is 10.1. The maximum atomic E-state index is 14.0. The Morgan fingerprint density at radius 2 is 2.10 bits per heavy atom. The summed E-state index contributed by atoms with van der Waals surface area (Å²) in [5, 5.41) is 2.88. The van der Waals surface area contributed by atoms with Gasteiger partial charge in [0, 0.05) is 18.7 Å². The van der Waals surface area contributed by atoms with Crippen LogP contribution in [0.4, 0.5) is 4.39 Å². The van der Waals surface area contributed by atoms with E-state index < -0.39 is 15.8 Å². The Hall–Kier alpha value is -1.42. The second kappa shape index (κ2) is 7.55. The van der Waals surface area contributed by atoms with Gasteiger partial charge in [0.25, 0.3) is 0 Å². The normalized spacial score (nSPS) is 11.6. The Labute approximate surface area is 126 Å². The fourth-order valence-electron chi connectivity index (χ4n) is 2.06.